The van der Waals surface area contributed by atoms with Crippen molar-refractivity contribution in [2.75, 3.05) is 7.11 Å². The average molecular weight is 418 g/mol. The van der Waals surface area contributed by atoms with E-state index in [0.29, 0.717) is 36.1 Å². The van der Waals surface area contributed by atoms with Crippen molar-refractivity contribution >= 4 is 5.91 Å². The monoisotopic (exact) mass is 418 g/mol. The van der Waals surface area contributed by atoms with Gasteiger partial charge >= 0.3 is 0 Å². The van der Waals surface area contributed by atoms with Gasteiger partial charge in [0.15, 0.2) is 0 Å². The molecule has 1 N–H and O–H groups in total. The number of aromatic nitrogens is 3. The summed E-state index contributed by atoms with van der Waals surface area (Å²) in [5.41, 5.74) is 2.89. The molecule has 0 spiro atoms. The Kier molecular flexibility index (Phi) is 6.11. The molecule has 3 aromatic rings. The average Bonchev–Trinajstić information content (AvgIpc) is 3.63. The minimum Gasteiger partial charge on any atom is -0.497 e. The zero-order valence-electron chi connectivity index (χ0n) is 17.8. The van der Waals surface area contributed by atoms with Gasteiger partial charge in [-0.3, -0.25) is 14.6 Å². The van der Waals surface area contributed by atoms with Gasteiger partial charge in [0.2, 0.25) is 5.91 Å². The first kappa shape index (κ1) is 20.8. The third-order valence-corrected chi connectivity index (χ3v) is 5.58. The number of benzene rings is 1. The molecule has 0 saturated heterocycles. The summed E-state index contributed by atoms with van der Waals surface area (Å²) in [4.78, 5) is 39.0. The molecular weight excluding hydrogens is 392 g/mol. The van der Waals surface area contributed by atoms with Crippen LogP contribution in [0, 0.1) is 6.92 Å². The van der Waals surface area contributed by atoms with Gasteiger partial charge in [-0.1, -0.05) is 12.1 Å². The molecule has 7 heteroatoms. The molecule has 0 radical (unpaired) electrons. The number of aryl methyl sites for hydroxylation is 1. The second-order valence-corrected chi connectivity index (χ2v) is 7.82. The molecule has 0 aliphatic heterocycles. The third-order valence-electron chi connectivity index (χ3n) is 5.58. The number of nitrogens with one attached hydrogen (secondary N) is 1. The van der Waals surface area contributed by atoms with Crippen LogP contribution in [0.2, 0.25) is 0 Å². The minimum absolute atomic E-state index is 0.0651. The van der Waals surface area contributed by atoms with Crippen molar-refractivity contribution < 1.29 is 9.53 Å². The van der Waals surface area contributed by atoms with E-state index in [1.54, 1.807) is 31.6 Å². The molecule has 4 rings (SSSR count). The van der Waals surface area contributed by atoms with Gasteiger partial charge < -0.3 is 14.6 Å². The molecule has 2 heterocycles. The summed E-state index contributed by atoms with van der Waals surface area (Å²) in [6.45, 7) is 2.39. The van der Waals surface area contributed by atoms with Crippen molar-refractivity contribution in [3.63, 3.8) is 0 Å². The number of aromatic amines is 1. The fraction of sp³-hybridized carbons (Fsp3) is 0.333. The van der Waals surface area contributed by atoms with Gasteiger partial charge in [-0.05, 0) is 56.0 Å². The molecule has 31 heavy (non-hydrogen) atoms. The molecule has 7 nitrogen and oxygen atoms in total. The zero-order valence-corrected chi connectivity index (χ0v) is 17.8. The zero-order chi connectivity index (χ0) is 21.8. The Hall–Kier alpha value is -3.48. The van der Waals surface area contributed by atoms with E-state index in [1.807, 2.05) is 36.1 Å². The fourth-order valence-electron chi connectivity index (χ4n) is 3.66. The topological polar surface area (TPSA) is 88.2 Å². The summed E-state index contributed by atoms with van der Waals surface area (Å²) in [6.07, 6.45) is 6.04. The number of nitrogens with zero attached hydrogens (tertiary/aromatic N) is 3. The SMILES string of the molecule is COc1ccc(CN(C(=O)CCc2c(C)nc(-c3ccncc3)[nH]c2=O)C2CC2)cc1. The maximum Gasteiger partial charge on any atom is 0.254 e. The predicted molar refractivity (Wildman–Crippen MR) is 118 cm³/mol. The maximum atomic E-state index is 13.0. The molecule has 0 atom stereocenters. The molecule has 1 aliphatic rings. The van der Waals surface area contributed by atoms with Gasteiger partial charge in [0.25, 0.3) is 5.56 Å². The minimum atomic E-state index is -0.194. The molecule has 0 unspecified atom stereocenters. The summed E-state index contributed by atoms with van der Waals surface area (Å²) in [6, 6.07) is 11.7. The number of rotatable bonds is 8. The van der Waals surface area contributed by atoms with E-state index >= 15 is 0 Å². The molecule has 0 bridgehead atoms. The van der Waals surface area contributed by atoms with Gasteiger partial charge in [-0.15, -0.1) is 0 Å². The number of carbonyl (C=O) groups is 1. The second kappa shape index (κ2) is 9.12. The summed E-state index contributed by atoms with van der Waals surface area (Å²) < 4.78 is 5.21. The van der Waals surface area contributed by atoms with Gasteiger partial charge in [0.05, 0.1) is 7.11 Å². The Morgan fingerprint density at radius 1 is 1.16 bits per heavy atom. The lowest BCUT2D eigenvalue weighted by molar-refractivity contribution is -0.132. The van der Waals surface area contributed by atoms with E-state index < -0.39 is 0 Å². The lowest BCUT2D eigenvalue weighted by Crippen LogP contribution is -2.33. The fourth-order valence-corrected chi connectivity index (χ4v) is 3.66. The van der Waals surface area contributed by atoms with E-state index in [0.717, 1.165) is 29.7 Å². The summed E-state index contributed by atoms with van der Waals surface area (Å²) in [5, 5.41) is 0. The Bertz CT molecular complexity index is 1110. The highest BCUT2D eigenvalue weighted by molar-refractivity contribution is 5.77. The number of hydrogen-bond acceptors (Lipinski definition) is 5. The van der Waals surface area contributed by atoms with E-state index in [9.17, 15) is 9.59 Å². The van der Waals surface area contributed by atoms with Crippen LogP contribution in [0.4, 0.5) is 0 Å². The Morgan fingerprint density at radius 3 is 2.48 bits per heavy atom. The van der Waals surface area contributed by atoms with E-state index in [-0.39, 0.29) is 17.9 Å². The number of ether oxygens (including phenoxy) is 1. The largest absolute Gasteiger partial charge is 0.497 e. The molecule has 1 fully saturated rings. The highest BCUT2D eigenvalue weighted by atomic mass is 16.5. The second-order valence-electron chi connectivity index (χ2n) is 7.82. The van der Waals surface area contributed by atoms with Crippen LogP contribution in [0.1, 0.15) is 36.1 Å². The normalized spacial score (nSPS) is 13.1. The van der Waals surface area contributed by atoms with E-state index in [4.69, 9.17) is 4.74 Å². The lowest BCUT2D eigenvalue weighted by atomic mass is 10.1. The van der Waals surface area contributed by atoms with Crippen LogP contribution in [-0.2, 0) is 17.8 Å². The van der Waals surface area contributed by atoms with Crippen LogP contribution >= 0.6 is 0 Å². The molecule has 1 aromatic carbocycles. The van der Waals surface area contributed by atoms with Crippen LogP contribution in [-0.4, -0.2) is 38.9 Å². The van der Waals surface area contributed by atoms with Crippen molar-refractivity contribution in [1.29, 1.82) is 0 Å². The highest BCUT2D eigenvalue weighted by Gasteiger charge is 2.32. The maximum absolute atomic E-state index is 13.0. The first-order chi connectivity index (χ1) is 15.0. The van der Waals surface area contributed by atoms with Gasteiger partial charge in [0.1, 0.15) is 11.6 Å². The van der Waals surface area contributed by atoms with Crippen LogP contribution in [0.25, 0.3) is 11.4 Å². The number of amides is 1. The molecular formula is C24H26N4O3. The molecule has 1 saturated carbocycles. The van der Waals surface area contributed by atoms with Crippen LogP contribution in [0.15, 0.2) is 53.6 Å². The van der Waals surface area contributed by atoms with Crippen LogP contribution in [0.3, 0.4) is 0 Å². The van der Waals surface area contributed by atoms with Gasteiger partial charge in [-0.2, -0.15) is 0 Å². The van der Waals surface area contributed by atoms with Crippen molar-refractivity contribution in [1.82, 2.24) is 19.9 Å². The number of hydrogen-bond donors (Lipinski definition) is 1. The van der Waals surface area contributed by atoms with Crippen molar-refractivity contribution in [2.24, 2.45) is 0 Å². The number of H-pyrrole nitrogens is 1. The quantitative estimate of drug-likeness (QED) is 0.607. The summed E-state index contributed by atoms with van der Waals surface area (Å²) >= 11 is 0. The Morgan fingerprint density at radius 2 is 1.87 bits per heavy atom. The van der Waals surface area contributed by atoms with Crippen molar-refractivity contribution in [3.05, 3.63) is 76.0 Å². The lowest BCUT2D eigenvalue weighted by Gasteiger charge is -2.23. The Balaban J connectivity index is 1.44. The first-order valence-electron chi connectivity index (χ1n) is 10.5. The van der Waals surface area contributed by atoms with Gasteiger partial charge in [0, 0.05) is 48.2 Å². The summed E-state index contributed by atoms with van der Waals surface area (Å²) in [5.74, 6) is 1.37. The van der Waals surface area contributed by atoms with Crippen molar-refractivity contribution in [2.45, 2.75) is 45.2 Å². The van der Waals surface area contributed by atoms with Gasteiger partial charge in [-0.25, -0.2) is 4.98 Å². The van der Waals surface area contributed by atoms with E-state index in [1.165, 1.54) is 0 Å². The highest BCUT2D eigenvalue weighted by Crippen LogP contribution is 2.29. The number of methoxy groups -OCH3 is 1. The molecule has 2 aromatic heterocycles. The Labute approximate surface area is 181 Å². The van der Waals surface area contributed by atoms with Crippen molar-refractivity contribution in [3.8, 4) is 17.1 Å². The molecule has 1 aliphatic carbocycles. The summed E-state index contributed by atoms with van der Waals surface area (Å²) in [7, 11) is 1.64. The van der Waals surface area contributed by atoms with E-state index in [2.05, 4.69) is 15.0 Å². The smallest absolute Gasteiger partial charge is 0.254 e. The first-order valence-corrected chi connectivity index (χ1v) is 10.5. The number of pyridine rings is 1. The molecule has 160 valence electrons. The number of carbonyl (C=O) groups excluding carboxylic acids is 1. The predicted octanol–water partition coefficient (Wildman–Crippen LogP) is 3.27. The molecule has 1 amide bonds. The van der Waals surface area contributed by atoms with Crippen LogP contribution in [0.5, 0.6) is 5.75 Å². The third kappa shape index (κ3) is 4.99. The van der Waals surface area contributed by atoms with Crippen LogP contribution < -0.4 is 10.3 Å². The standard InChI is InChI=1S/C24H26N4O3/c1-16-21(24(30)27-23(26-16)18-11-13-25-14-12-18)9-10-22(29)28(19-5-6-19)15-17-3-7-20(31-2)8-4-17/h3-4,7-8,11-14,19H,5-6,9-10,15H2,1-2H3,(H,26,27,30).